The van der Waals surface area contributed by atoms with Gasteiger partial charge in [0.1, 0.15) is 17.9 Å². The predicted molar refractivity (Wildman–Crippen MR) is 80.6 cm³/mol. The number of benzene rings is 1. The van der Waals surface area contributed by atoms with E-state index in [1.165, 1.54) is 18.5 Å². The molecule has 6 nitrogen and oxygen atoms in total. The zero-order valence-electron chi connectivity index (χ0n) is 12.1. The third-order valence-electron chi connectivity index (χ3n) is 2.94. The van der Waals surface area contributed by atoms with E-state index in [0.717, 1.165) is 11.8 Å². The van der Waals surface area contributed by atoms with Crippen molar-refractivity contribution >= 4 is 15.7 Å². The van der Waals surface area contributed by atoms with Crippen LogP contribution in [0.15, 0.2) is 35.5 Å². The van der Waals surface area contributed by atoms with Gasteiger partial charge in [0, 0.05) is 13.3 Å². The second-order valence-corrected chi connectivity index (χ2v) is 6.47. The minimum absolute atomic E-state index is 0.209. The van der Waals surface area contributed by atoms with E-state index in [2.05, 4.69) is 15.3 Å². The minimum atomic E-state index is -3.27. The number of hydrogen-bond acceptors (Lipinski definition) is 6. The topological polar surface area (TPSA) is 81.2 Å². The first kappa shape index (κ1) is 15.2. The SMILES string of the molecule is CCc1c(NC)ncnc1Oc1cccc(S(C)(=O)=O)c1. The highest BCUT2D eigenvalue weighted by Crippen LogP contribution is 2.28. The van der Waals surface area contributed by atoms with E-state index in [-0.39, 0.29) is 4.90 Å². The maximum absolute atomic E-state index is 11.6. The molecule has 0 unspecified atom stereocenters. The Bertz CT molecular complexity index is 745. The fourth-order valence-corrected chi connectivity index (χ4v) is 2.55. The van der Waals surface area contributed by atoms with Gasteiger partial charge in [0.25, 0.3) is 0 Å². The molecular weight excluding hydrogens is 290 g/mol. The van der Waals surface area contributed by atoms with Crippen molar-refractivity contribution in [1.29, 1.82) is 0 Å². The third kappa shape index (κ3) is 3.49. The molecule has 0 saturated carbocycles. The fraction of sp³-hybridized carbons (Fsp3) is 0.286. The molecular formula is C14H17N3O3S. The molecule has 1 N–H and O–H groups in total. The highest BCUT2D eigenvalue weighted by Gasteiger charge is 2.13. The van der Waals surface area contributed by atoms with Crippen molar-refractivity contribution < 1.29 is 13.2 Å². The quantitative estimate of drug-likeness (QED) is 0.912. The van der Waals surface area contributed by atoms with Crippen LogP contribution in [0.2, 0.25) is 0 Å². The van der Waals surface area contributed by atoms with Crippen molar-refractivity contribution in [1.82, 2.24) is 9.97 Å². The molecule has 7 heteroatoms. The molecule has 1 aromatic carbocycles. The van der Waals surface area contributed by atoms with Crippen molar-refractivity contribution in [3.63, 3.8) is 0 Å². The fourth-order valence-electron chi connectivity index (χ4n) is 1.90. The summed E-state index contributed by atoms with van der Waals surface area (Å²) in [4.78, 5) is 8.46. The number of aromatic nitrogens is 2. The van der Waals surface area contributed by atoms with Crippen molar-refractivity contribution in [2.45, 2.75) is 18.2 Å². The second kappa shape index (κ2) is 6.09. The summed E-state index contributed by atoms with van der Waals surface area (Å²) >= 11 is 0. The van der Waals surface area contributed by atoms with Gasteiger partial charge in [-0.2, -0.15) is 0 Å². The molecule has 0 spiro atoms. The highest BCUT2D eigenvalue weighted by atomic mass is 32.2. The maximum atomic E-state index is 11.6. The predicted octanol–water partition coefficient (Wildman–Crippen LogP) is 2.28. The Labute approximate surface area is 124 Å². The number of ether oxygens (including phenoxy) is 1. The van der Waals surface area contributed by atoms with Gasteiger partial charge in [0.05, 0.1) is 10.5 Å². The number of nitrogens with zero attached hydrogens (tertiary/aromatic N) is 2. The summed E-state index contributed by atoms with van der Waals surface area (Å²) in [7, 11) is -1.50. The molecule has 0 radical (unpaired) electrons. The lowest BCUT2D eigenvalue weighted by Crippen LogP contribution is -2.03. The van der Waals surface area contributed by atoms with Crippen LogP contribution in [-0.2, 0) is 16.3 Å². The molecule has 2 aromatic rings. The van der Waals surface area contributed by atoms with Gasteiger partial charge in [-0.15, -0.1) is 0 Å². The van der Waals surface area contributed by atoms with E-state index in [4.69, 9.17) is 4.74 Å². The molecule has 21 heavy (non-hydrogen) atoms. The number of rotatable bonds is 5. The zero-order chi connectivity index (χ0) is 15.5. The van der Waals surface area contributed by atoms with Gasteiger partial charge in [-0.1, -0.05) is 13.0 Å². The van der Waals surface area contributed by atoms with Gasteiger partial charge in [-0.25, -0.2) is 18.4 Å². The Morgan fingerprint density at radius 3 is 2.67 bits per heavy atom. The summed E-state index contributed by atoms with van der Waals surface area (Å²) < 4.78 is 28.9. The van der Waals surface area contributed by atoms with E-state index >= 15 is 0 Å². The molecule has 0 atom stereocenters. The average Bonchev–Trinajstić information content (AvgIpc) is 2.46. The van der Waals surface area contributed by atoms with Crippen LogP contribution in [0.25, 0.3) is 0 Å². The highest BCUT2D eigenvalue weighted by molar-refractivity contribution is 7.90. The van der Waals surface area contributed by atoms with E-state index in [1.807, 2.05) is 6.92 Å². The Morgan fingerprint density at radius 1 is 1.29 bits per heavy atom. The molecule has 112 valence electrons. The first-order valence-corrected chi connectivity index (χ1v) is 8.34. The van der Waals surface area contributed by atoms with Crippen LogP contribution in [0.4, 0.5) is 5.82 Å². The lowest BCUT2D eigenvalue weighted by molar-refractivity contribution is 0.454. The van der Waals surface area contributed by atoms with Crippen molar-refractivity contribution in [3.05, 3.63) is 36.2 Å². The van der Waals surface area contributed by atoms with Gasteiger partial charge >= 0.3 is 0 Å². The van der Waals surface area contributed by atoms with Crippen LogP contribution in [0, 0.1) is 0 Å². The summed E-state index contributed by atoms with van der Waals surface area (Å²) in [5.74, 6) is 1.54. The normalized spacial score (nSPS) is 11.2. The molecule has 2 rings (SSSR count). The first-order chi connectivity index (χ1) is 9.95. The van der Waals surface area contributed by atoms with Crippen LogP contribution >= 0.6 is 0 Å². The van der Waals surface area contributed by atoms with Gasteiger partial charge in [0.15, 0.2) is 9.84 Å². The van der Waals surface area contributed by atoms with Crippen LogP contribution < -0.4 is 10.1 Å². The molecule has 0 fully saturated rings. The van der Waals surface area contributed by atoms with Gasteiger partial charge in [-0.05, 0) is 24.6 Å². The molecule has 0 amide bonds. The summed E-state index contributed by atoms with van der Waals surface area (Å²) in [6.07, 6.45) is 3.26. The van der Waals surface area contributed by atoms with E-state index in [0.29, 0.717) is 23.9 Å². The molecule has 0 saturated heterocycles. The number of nitrogens with one attached hydrogen (secondary N) is 1. The summed E-state index contributed by atoms with van der Waals surface area (Å²) in [6, 6.07) is 6.34. The first-order valence-electron chi connectivity index (χ1n) is 6.45. The Kier molecular flexibility index (Phi) is 4.42. The number of anilines is 1. The van der Waals surface area contributed by atoms with Crippen LogP contribution in [0.3, 0.4) is 0 Å². The summed E-state index contributed by atoms with van der Waals surface area (Å²) in [5, 5.41) is 2.98. The second-order valence-electron chi connectivity index (χ2n) is 4.46. The monoisotopic (exact) mass is 307 g/mol. The minimum Gasteiger partial charge on any atom is -0.439 e. The molecule has 1 aromatic heterocycles. The Morgan fingerprint density at radius 2 is 2.05 bits per heavy atom. The average molecular weight is 307 g/mol. The molecule has 0 aliphatic heterocycles. The van der Waals surface area contributed by atoms with E-state index in [9.17, 15) is 8.42 Å². The lowest BCUT2D eigenvalue weighted by atomic mass is 10.2. The van der Waals surface area contributed by atoms with Gasteiger partial charge < -0.3 is 10.1 Å². The van der Waals surface area contributed by atoms with E-state index < -0.39 is 9.84 Å². The molecule has 0 aliphatic rings. The molecule has 1 heterocycles. The summed E-state index contributed by atoms with van der Waals surface area (Å²) in [5.41, 5.74) is 0.838. The molecule has 0 bridgehead atoms. The zero-order valence-corrected chi connectivity index (χ0v) is 12.9. The third-order valence-corrected chi connectivity index (χ3v) is 4.05. The molecule has 0 aliphatic carbocycles. The largest absolute Gasteiger partial charge is 0.439 e. The van der Waals surface area contributed by atoms with Gasteiger partial charge in [0.2, 0.25) is 5.88 Å². The Balaban J connectivity index is 2.39. The van der Waals surface area contributed by atoms with Crippen molar-refractivity contribution in [3.8, 4) is 11.6 Å². The lowest BCUT2D eigenvalue weighted by Gasteiger charge is -2.12. The van der Waals surface area contributed by atoms with Crippen LogP contribution in [0.1, 0.15) is 12.5 Å². The number of sulfone groups is 1. The van der Waals surface area contributed by atoms with Crippen molar-refractivity contribution in [2.24, 2.45) is 0 Å². The Hall–Kier alpha value is -2.15. The smallest absolute Gasteiger partial charge is 0.227 e. The van der Waals surface area contributed by atoms with Crippen LogP contribution in [0.5, 0.6) is 11.6 Å². The van der Waals surface area contributed by atoms with Gasteiger partial charge in [-0.3, -0.25) is 0 Å². The number of hydrogen-bond donors (Lipinski definition) is 1. The van der Waals surface area contributed by atoms with Crippen LogP contribution in [-0.4, -0.2) is 31.7 Å². The standard InChI is InChI=1S/C14H17N3O3S/c1-4-12-13(15-2)16-9-17-14(12)20-10-6-5-7-11(8-10)21(3,18)19/h5-9H,4H2,1-3H3,(H,15,16,17). The maximum Gasteiger partial charge on any atom is 0.227 e. The van der Waals surface area contributed by atoms with E-state index in [1.54, 1.807) is 19.2 Å². The van der Waals surface area contributed by atoms with Crippen molar-refractivity contribution in [2.75, 3.05) is 18.6 Å². The summed E-state index contributed by atoms with van der Waals surface area (Å²) in [6.45, 7) is 1.97.